The van der Waals surface area contributed by atoms with Crippen molar-refractivity contribution in [3.63, 3.8) is 0 Å². The first kappa shape index (κ1) is 14.2. The highest BCUT2D eigenvalue weighted by molar-refractivity contribution is 9.09. The molecule has 0 aliphatic carbocycles. The lowest BCUT2D eigenvalue weighted by atomic mass is 9.88. The van der Waals surface area contributed by atoms with Crippen molar-refractivity contribution >= 4 is 15.9 Å². The van der Waals surface area contributed by atoms with Gasteiger partial charge in [-0.25, -0.2) is 8.78 Å². The second-order valence-corrected chi connectivity index (χ2v) is 5.28. The first-order valence-electron chi connectivity index (χ1n) is 6.27. The molecule has 0 saturated carbocycles. The van der Waals surface area contributed by atoms with Crippen LogP contribution in [-0.2, 0) is 0 Å². The number of alkyl halides is 1. The molecule has 0 N–H and O–H groups in total. The van der Waals surface area contributed by atoms with E-state index in [4.69, 9.17) is 0 Å². The lowest BCUT2D eigenvalue weighted by Crippen LogP contribution is -2.02. The summed E-state index contributed by atoms with van der Waals surface area (Å²) < 4.78 is 26.0. The molecule has 2 aromatic carbocycles. The van der Waals surface area contributed by atoms with Crippen molar-refractivity contribution in [2.75, 3.05) is 5.33 Å². The quantitative estimate of drug-likeness (QED) is 0.657. The Morgan fingerprint density at radius 2 is 1.21 bits per heavy atom. The molecule has 2 aromatic rings. The van der Waals surface area contributed by atoms with Gasteiger partial charge in [0.1, 0.15) is 11.6 Å². The molecule has 0 aliphatic rings. The zero-order valence-electron chi connectivity index (χ0n) is 10.5. The summed E-state index contributed by atoms with van der Waals surface area (Å²) in [4.78, 5) is 0. The van der Waals surface area contributed by atoms with E-state index < -0.39 is 0 Å². The summed E-state index contributed by atoms with van der Waals surface area (Å²) in [6, 6.07) is 13.1. The van der Waals surface area contributed by atoms with Crippen LogP contribution in [0.15, 0.2) is 48.5 Å². The van der Waals surface area contributed by atoms with Crippen LogP contribution in [-0.4, -0.2) is 5.33 Å². The van der Waals surface area contributed by atoms with Gasteiger partial charge in [0, 0.05) is 11.2 Å². The summed E-state index contributed by atoms with van der Waals surface area (Å²) in [6.45, 7) is 0. The third-order valence-corrected chi connectivity index (χ3v) is 3.73. The van der Waals surface area contributed by atoms with Gasteiger partial charge in [-0.1, -0.05) is 40.2 Å². The Morgan fingerprint density at radius 1 is 0.789 bits per heavy atom. The maximum atomic E-state index is 13.0. The van der Waals surface area contributed by atoms with Crippen molar-refractivity contribution in [3.8, 4) is 0 Å². The van der Waals surface area contributed by atoms with E-state index in [2.05, 4.69) is 15.9 Å². The molecule has 0 bridgehead atoms. The van der Waals surface area contributed by atoms with E-state index in [9.17, 15) is 8.78 Å². The highest BCUT2D eigenvalue weighted by Gasteiger charge is 2.14. The molecule has 19 heavy (non-hydrogen) atoms. The lowest BCUT2D eigenvalue weighted by Gasteiger charge is -2.17. The van der Waals surface area contributed by atoms with E-state index in [1.165, 1.54) is 24.3 Å². The molecule has 0 fully saturated rings. The Labute approximate surface area is 120 Å². The van der Waals surface area contributed by atoms with Crippen molar-refractivity contribution in [2.45, 2.75) is 18.8 Å². The average molecular weight is 325 g/mol. The minimum absolute atomic E-state index is 0.179. The van der Waals surface area contributed by atoms with E-state index in [0.29, 0.717) is 0 Å². The summed E-state index contributed by atoms with van der Waals surface area (Å²) in [7, 11) is 0. The highest BCUT2D eigenvalue weighted by atomic mass is 79.9. The molecule has 0 atom stereocenters. The van der Waals surface area contributed by atoms with Gasteiger partial charge in [-0.15, -0.1) is 0 Å². The number of hydrogen-bond acceptors (Lipinski definition) is 0. The molecule has 0 heterocycles. The zero-order chi connectivity index (χ0) is 13.7. The van der Waals surface area contributed by atoms with E-state index in [1.54, 1.807) is 24.3 Å². The molecule has 0 aromatic heterocycles. The zero-order valence-corrected chi connectivity index (χ0v) is 12.0. The lowest BCUT2D eigenvalue weighted by molar-refractivity contribution is 0.622. The number of hydrogen-bond donors (Lipinski definition) is 0. The first-order chi connectivity index (χ1) is 9.20. The minimum atomic E-state index is -0.234. The number of halogens is 3. The molecule has 0 spiro atoms. The predicted molar refractivity (Wildman–Crippen MR) is 77.7 cm³/mol. The molecular weight excluding hydrogens is 310 g/mol. The standard InChI is InChI=1S/C16H15BrF2/c17-11-1-2-16(12-3-7-14(18)8-4-12)13-5-9-15(19)10-6-13/h3-10,16H,1-2,11H2. The fraction of sp³-hybridized carbons (Fsp3) is 0.250. The summed E-state index contributed by atoms with van der Waals surface area (Å²) in [5.74, 6) is -0.289. The maximum absolute atomic E-state index is 13.0. The highest BCUT2D eigenvalue weighted by Crippen LogP contribution is 2.29. The van der Waals surface area contributed by atoms with Crippen LogP contribution < -0.4 is 0 Å². The van der Waals surface area contributed by atoms with Gasteiger partial charge in [0.25, 0.3) is 0 Å². The van der Waals surface area contributed by atoms with Gasteiger partial charge in [0.2, 0.25) is 0 Å². The normalized spacial score (nSPS) is 10.9. The predicted octanol–water partition coefficient (Wildman–Crippen LogP) is 5.27. The smallest absolute Gasteiger partial charge is 0.123 e. The molecule has 0 nitrogen and oxygen atoms in total. The van der Waals surface area contributed by atoms with Crippen molar-refractivity contribution in [2.24, 2.45) is 0 Å². The number of rotatable bonds is 5. The Morgan fingerprint density at radius 3 is 1.58 bits per heavy atom. The average Bonchev–Trinajstić information content (AvgIpc) is 2.43. The Balaban J connectivity index is 2.29. The molecule has 100 valence electrons. The van der Waals surface area contributed by atoms with Crippen LogP contribution in [0.5, 0.6) is 0 Å². The summed E-state index contributed by atoms with van der Waals surface area (Å²) in [6.07, 6.45) is 1.96. The van der Waals surface area contributed by atoms with Gasteiger partial charge in [0.15, 0.2) is 0 Å². The molecule has 3 heteroatoms. The maximum Gasteiger partial charge on any atom is 0.123 e. The van der Waals surface area contributed by atoms with Gasteiger partial charge in [-0.3, -0.25) is 0 Å². The Bertz CT molecular complexity index is 460. The SMILES string of the molecule is Fc1ccc(C(CCCBr)c2ccc(F)cc2)cc1. The van der Waals surface area contributed by atoms with Crippen LogP contribution >= 0.6 is 15.9 Å². The van der Waals surface area contributed by atoms with Crippen molar-refractivity contribution in [1.82, 2.24) is 0 Å². The molecule has 0 aliphatic heterocycles. The fourth-order valence-corrected chi connectivity index (χ4v) is 2.52. The first-order valence-corrected chi connectivity index (χ1v) is 7.40. The third-order valence-electron chi connectivity index (χ3n) is 3.17. The molecular formula is C16H15BrF2. The van der Waals surface area contributed by atoms with Crippen LogP contribution in [0.3, 0.4) is 0 Å². The van der Waals surface area contributed by atoms with Crippen molar-refractivity contribution in [1.29, 1.82) is 0 Å². The van der Waals surface area contributed by atoms with Crippen LogP contribution in [0.1, 0.15) is 29.9 Å². The van der Waals surface area contributed by atoms with Crippen molar-refractivity contribution < 1.29 is 8.78 Å². The molecule has 0 unspecified atom stereocenters. The van der Waals surface area contributed by atoms with Crippen LogP contribution in [0.4, 0.5) is 8.78 Å². The van der Waals surface area contributed by atoms with E-state index in [1.807, 2.05) is 0 Å². The Hall–Kier alpha value is -1.22. The van der Waals surface area contributed by atoms with Gasteiger partial charge in [-0.05, 0) is 48.2 Å². The molecule has 2 rings (SSSR count). The third kappa shape index (κ3) is 3.87. The molecule has 0 amide bonds. The number of benzene rings is 2. The second kappa shape index (κ2) is 6.80. The van der Waals surface area contributed by atoms with E-state index >= 15 is 0 Å². The van der Waals surface area contributed by atoms with Gasteiger partial charge in [0.05, 0.1) is 0 Å². The summed E-state index contributed by atoms with van der Waals surface area (Å²) in [5, 5.41) is 0.923. The molecule has 0 radical (unpaired) electrons. The summed E-state index contributed by atoms with van der Waals surface area (Å²) in [5.41, 5.74) is 2.13. The minimum Gasteiger partial charge on any atom is -0.207 e. The van der Waals surface area contributed by atoms with Gasteiger partial charge in [-0.2, -0.15) is 0 Å². The monoisotopic (exact) mass is 324 g/mol. The largest absolute Gasteiger partial charge is 0.207 e. The van der Waals surface area contributed by atoms with Gasteiger partial charge >= 0.3 is 0 Å². The Kier molecular flexibility index (Phi) is 5.08. The second-order valence-electron chi connectivity index (χ2n) is 4.49. The van der Waals surface area contributed by atoms with Crippen LogP contribution in [0.2, 0.25) is 0 Å². The van der Waals surface area contributed by atoms with E-state index in [0.717, 1.165) is 29.3 Å². The van der Waals surface area contributed by atoms with Gasteiger partial charge < -0.3 is 0 Å². The van der Waals surface area contributed by atoms with Crippen molar-refractivity contribution in [3.05, 3.63) is 71.3 Å². The van der Waals surface area contributed by atoms with Crippen LogP contribution in [0, 0.1) is 11.6 Å². The molecule has 0 saturated heterocycles. The fourth-order valence-electron chi connectivity index (χ4n) is 2.20. The van der Waals surface area contributed by atoms with E-state index in [-0.39, 0.29) is 17.6 Å². The summed E-state index contributed by atoms with van der Waals surface area (Å²) >= 11 is 3.43. The van der Waals surface area contributed by atoms with Crippen LogP contribution in [0.25, 0.3) is 0 Å². The topological polar surface area (TPSA) is 0 Å².